The average Bonchev–Trinajstić information content (AvgIpc) is 3.31. The van der Waals surface area contributed by atoms with Gasteiger partial charge in [-0.25, -0.2) is 9.97 Å². The first kappa shape index (κ1) is 15.6. The zero-order chi connectivity index (χ0) is 17.1. The van der Waals surface area contributed by atoms with E-state index < -0.39 is 0 Å². The molecule has 0 saturated carbocycles. The first-order valence-electron chi connectivity index (χ1n) is 8.43. The van der Waals surface area contributed by atoms with E-state index in [9.17, 15) is 4.79 Å². The molecule has 7 heteroatoms. The zero-order valence-corrected chi connectivity index (χ0v) is 13.8. The number of nitrogens with one attached hydrogen (secondary N) is 1. The Morgan fingerprint density at radius 3 is 3.08 bits per heavy atom. The summed E-state index contributed by atoms with van der Waals surface area (Å²) < 4.78 is 5.28. The van der Waals surface area contributed by atoms with E-state index >= 15 is 0 Å². The molecule has 1 saturated heterocycles. The summed E-state index contributed by atoms with van der Waals surface area (Å²) >= 11 is 0. The van der Waals surface area contributed by atoms with Gasteiger partial charge in [-0.05, 0) is 37.1 Å². The Hall–Kier alpha value is -2.96. The van der Waals surface area contributed by atoms with Gasteiger partial charge in [0.2, 0.25) is 5.91 Å². The van der Waals surface area contributed by atoms with Gasteiger partial charge in [0.25, 0.3) is 0 Å². The minimum Gasteiger partial charge on any atom is -0.469 e. The molecular formula is C18H19N5O2. The third kappa shape index (κ3) is 3.45. The summed E-state index contributed by atoms with van der Waals surface area (Å²) in [5, 5.41) is 3.33. The lowest BCUT2D eigenvalue weighted by Gasteiger charge is -2.25. The van der Waals surface area contributed by atoms with Gasteiger partial charge in [-0.3, -0.25) is 9.78 Å². The molecule has 7 nitrogen and oxygen atoms in total. The maximum atomic E-state index is 12.5. The van der Waals surface area contributed by atoms with E-state index in [0.29, 0.717) is 24.4 Å². The molecule has 4 rings (SSSR count). The molecular weight excluding hydrogens is 318 g/mol. The highest BCUT2D eigenvalue weighted by Gasteiger charge is 2.28. The molecule has 1 unspecified atom stereocenters. The van der Waals surface area contributed by atoms with Crippen LogP contribution in [0.1, 0.15) is 18.6 Å². The number of anilines is 1. The van der Waals surface area contributed by atoms with Gasteiger partial charge in [-0.15, -0.1) is 0 Å². The van der Waals surface area contributed by atoms with Gasteiger partial charge in [0.05, 0.1) is 12.7 Å². The van der Waals surface area contributed by atoms with E-state index in [4.69, 9.17) is 4.42 Å². The maximum absolute atomic E-state index is 12.5. The number of likely N-dealkylation sites (tertiary alicyclic amines) is 1. The number of hydrogen-bond donors (Lipinski definition) is 1. The Balaban J connectivity index is 1.39. The SMILES string of the molecule is O=C(Cc1ccco1)N1CCCC1CNc1ccc2nccnc2n1. The first-order chi connectivity index (χ1) is 12.3. The quantitative estimate of drug-likeness (QED) is 0.769. The zero-order valence-electron chi connectivity index (χ0n) is 13.8. The van der Waals surface area contributed by atoms with Crippen LogP contribution in [0.15, 0.2) is 47.3 Å². The van der Waals surface area contributed by atoms with Crippen molar-refractivity contribution in [3.63, 3.8) is 0 Å². The number of amides is 1. The largest absolute Gasteiger partial charge is 0.469 e. The van der Waals surface area contributed by atoms with Crippen molar-refractivity contribution in [3.05, 3.63) is 48.7 Å². The highest BCUT2D eigenvalue weighted by molar-refractivity contribution is 5.79. The van der Waals surface area contributed by atoms with Crippen molar-refractivity contribution in [2.45, 2.75) is 25.3 Å². The molecule has 1 amide bonds. The van der Waals surface area contributed by atoms with Crippen LogP contribution in [0.5, 0.6) is 0 Å². The normalized spacial score (nSPS) is 17.1. The summed E-state index contributed by atoms with van der Waals surface area (Å²) in [5.41, 5.74) is 1.38. The number of fused-ring (bicyclic) bond motifs is 1. The lowest BCUT2D eigenvalue weighted by molar-refractivity contribution is -0.131. The van der Waals surface area contributed by atoms with E-state index in [0.717, 1.165) is 30.7 Å². The van der Waals surface area contributed by atoms with Crippen molar-refractivity contribution in [3.8, 4) is 0 Å². The number of nitrogens with zero attached hydrogens (tertiary/aromatic N) is 4. The molecule has 128 valence electrons. The van der Waals surface area contributed by atoms with Crippen molar-refractivity contribution >= 4 is 22.9 Å². The molecule has 1 aliphatic rings. The van der Waals surface area contributed by atoms with Crippen LogP contribution in [0.4, 0.5) is 5.82 Å². The highest BCUT2D eigenvalue weighted by atomic mass is 16.3. The second kappa shape index (κ2) is 6.88. The fraction of sp³-hybridized carbons (Fsp3) is 0.333. The van der Waals surface area contributed by atoms with Crippen molar-refractivity contribution in [2.75, 3.05) is 18.4 Å². The van der Waals surface area contributed by atoms with Crippen molar-refractivity contribution in [2.24, 2.45) is 0 Å². The standard InChI is InChI=1S/C18H19N5O2/c24-17(11-14-4-2-10-25-14)23-9-1-3-13(23)12-21-16-6-5-15-18(22-16)20-8-7-19-15/h2,4-8,10,13H,1,3,9,11-12H2,(H,20,21,22). The van der Waals surface area contributed by atoms with Gasteiger partial charge in [-0.1, -0.05) is 0 Å². The monoisotopic (exact) mass is 337 g/mol. The summed E-state index contributed by atoms with van der Waals surface area (Å²) in [5.74, 6) is 1.56. The third-order valence-electron chi connectivity index (χ3n) is 4.45. The number of carbonyl (C=O) groups excluding carboxylic acids is 1. The third-order valence-corrected chi connectivity index (χ3v) is 4.45. The maximum Gasteiger partial charge on any atom is 0.230 e. The summed E-state index contributed by atoms with van der Waals surface area (Å²) in [4.78, 5) is 27.4. The summed E-state index contributed by atoms with van der Waals surface area (Å²) in [6, 6.07) is 7.59. The average molecular weight is 337 g/mol. The van der Waals surface area contributed by atoms with E-state index in [1.165, 1.54) is 0 Å². The Morgan fingerprint density at radius 2 is 2.20 bits per heavy atom. The van der Waals surface area contributed by atoms with E-state index in [2.05, 4.69) is 20.3 Å². The number of furan rings is 1. The molecule has 1 aliphatic heterocycles. The molecule has 4 heterocycles. The molecule has 3 aromatic heterocycles. The second-order valence-corrected chi connectivity index (χ2v) is 6.12. The second-order valence-electron chi connectivity index (χ2n) is 6.12. The van der Waals surface area contributed by atoms with Crippen LogP contribution >= 0.6 is 0 Å². The first-order valence-corrected chi connectivity index (χ1v) is 8.43. The predicted octanol–water partition coefficient (Wildman–Crippen LogP) is 2.26. The fourth-order valence-electron chi connectivity index (χ4n) is 3.22. The highest BCUT2D eigenvalue weighted by Crippen LogP contribution is 2.20. The number of pyridine rings is 1. The van der Waals surface area contributed by atoms with Crippen LogP contribution in [0, 0.1) is 0 Å². The molecule has 1 fully saturated rings. The van der Waals surface area contributed by atoms with Crippen molar-refractivity contribution in [1.29, 1.82) is 0 Å². The van der Waals surface area contributed by atoms with Gasteiger partial charge in [-0.2, -0.15) is 0 Å². The van der Waals surface area contributed by atoms with Crippen molar-refractivity contribution in [1.82, 2.24) is 19.9 Å². The number of rotatable bonds is 5. The van der Waals surface area contributed by atoms with Gasteiger partial charge in [0.15, 0.2) is 5.65 Å². The van der Waals surface area contributed by atoms with Gasteiger partial charge < -0.3 is 14.6 Å². The molecule has 1 atom stereocenters. The topological polar surface area (TPSA) is 84.2 Å². The fourth-order valence-corrected chi connectivity index (χ4v) is 3.22. The Kier molecular flexibility index (Phi) is 4.28. The molecule has 0 aromatic carbocycles. The van der Waals surface area contributed by atoms with Crippen LogP contribution in [0.3, 0.4) is 0 Å². The number of carbonyl (C=O) groups is 1. The lowest BCUT2D eigenvalue weighted by atomic mass is 10.2. The summed E-state index contributed by atoms with van der Waals surface area (Å²) in [7, 11) is 0. The predicted molar refractivity (Wildman–Crippen MR) is 93.0 cm³/mol. The van der Waals surface area contributed by atoms with Gasteiger partial charge >= 0.3 is 0 Å². The molecule has 0 aliphatic carbocycles. The van der Waals surface area contributed by atoms with Crippen LogP contribution < -0.4 is 5.32 Å². The molecule has 0 bridgehead atoms. The summed E-state index contributed by atoms with van der Waals surface area (Å²) in [6.45, 7) is 1.46. The number of aromatic nitrogens is 3. The van der Waals surface area contributed by atoms with Gasteiger partial charge in [0, 0.05) is 31.5 Å². The van der Waals surface area contributed by atoms with Crippen LogP contribution in [0.2, 0.25) is 0 Å². The van der Waals surface area contributed by atoms with Crippen molar-refractivity contribution < 1.29 is 9.21 Å². The minimum atomic E-state index is 0.108. The smallest absolute Gasteiger partial charge is 0.230 e. The van der Waals surface area contributed by atoms with E-state index in [-0.39, 0.29) is 11.9 Å². The molecule has 0 spiro atoms. The Labute approximate surface area is 145 Å². The van der Waals surface area contributed by atoms with E-state index in [1.54, 1.807) is 24.7 Å². The number of hydrogen-bond acceptors (Lipinski definition) is 6. The van der Waals surface area contributed by atoms with Gasteiger partial charge in [0.1, 0.15) is 17.1 Å². The van der Waals surface area contributed by atoms with Crippen LogP contribution in [-0.4, -0.2) is 44.9 Å². The molecule has 1 N–H and O–H groups in total. The van der Waals surface area contributed by atoms with Crippen LogP contribution in [0.25, 0.3) is 11.2 Å². The Bertz CT molecular complexity index is 865. The Morgan fingerprint density at radius 1 is 1.28 bits per heavy atom. The molecule has 25 heavy (non-hydrogen) atoms. The summed E-state index contributed by atoms with van der Waals surface area (Å²) in [6.07, 6.45) is 7.20. The van der Waals surface area contributed by atoms with Crippen LogP contribution in [-0.2, 0) is 11.2 Å². The van der Waals surface area contributed by atoms with E-state index in [1.807, 2.05) is 23.1 Å². The molecule has 3 aromatic rings. The molecule has 0 radical (unpaired) electrons. The minimum absolute atomic E-state index is 0.108. The lowest BCUT2D eigenvalue weighted by Crippen LogP contribution is -2.40.